The van der Waals surface area contributed by atoms with Crippen LogP contribution >= 0.6 is 0 Å². The molecule has 0 bridgehead atoms. The van der Waals surface area contributed by atoms with Crippen LogP contribution in [0.25, 0.3) is 0 Å². The molecule has 0 aliphatic carbocycles. The van der Waals surface area contributed by atoms with Crippen molar-refractivity contribution in [2.24, 2.45) is 0 Å². The number of benzene rings is 1. The first-order valence-corrected chi connectivity index (χ1v) is 9.15. The number of hydrogen-bond acceptors (Lipinski definition) is 4. The van der Waals surface area contributed by atoms with Gasteiger partial charge in [0.2, 0.25) is 11.8 Å². The molecule has 0 unspecified atom stereocenters. The summed E-state index contributed by atoms with van der Waals surface area (Å²) in [6.07, 6.45) is 2.32. The first-order chi connectivity index (χ1) is 12.5. The Balaban J connectivity index is 1.70. The molecular weight excluding hydrogens is 332 g/mol. The fourth-order valence-corrected chi connectivity index (χ4v) is 3.03. The molecule has 26 heavy (non-hydrogen) atoms. The highest BCUT2D eigenvalue weighted by Crippen LogP contribution is 2.14. The van der Waals surface area contributed by atoms with Crippen molar-refractivity contribution in [3.05, 3.63) is 35.4 Å². The van der Waals surface area contributed by atoms with Crippen molar-refractivity contribution in [2.75, 3.05) is 26.8 Å². The molecule has 0 aromatic heterocycles. The van der Waals surface area contributed by atoms with Gasteiger partial charge in [-0.3, -0.25) is 14.4 Å². The van der Waals surface area contributed by atoms with Gasteiger partial charge in [-0.25, -0.2) is 0 Å². The van der Waals surface area contributed by atoms with Crippen LogP contribution < -0.4 is 5.32 Å². The number of hydrogen-bond donors (Lipinski definition) is 1. The average molecular weight is 360 g/mol. The van der Waals surface area contributed by atoms with E-state index in [0.29, 0.717) is 31.7 Å². The van der Waals surface area contributed by atoms with E-state index in [4.69, 9.17) is 4.74 Å². The third-order valence-electron chi connectivity index (χ3n) is 4.69. The number of ether oxygens (including phenoxy) is 1. The first kappa shape index (κ1) is 20.1. The summed E-state index contributed by atoms with van der Waals surface area (Å²) in [4.78, 5) is 38.0. The number of amides is 2. The van der Waals surface area contributed by atoms with Gasteiger partial charge < -0.3 is 15.0 Å². The summed E-state index contributed by atoms with van der Waals surface area (Å²) in [5.41, 5.74) is 1.76. The van der Waals surface area contributed by atoms with Gasteiger partial charge in [-0.2, -0.15) is 0 Å². The molecule has 1 heterocycles. The van der Waals surface area contributed by atoms with Gasteiger partial charge >= 0.3 is 0 Å². The molecule has 1 aromatic carbocycles. The number of ketones is 1. The van der Waals surface area contributed by atoms with E-state index in [-0.39, 0.29) is 36.5 Å². The number of methoxy groups -OCH3 is 1. The predicted octanol–water partition coefficient (Wildman–Crippen LogP) is 2.10. The third kappa shape index (κ3) is 6.26. The van der Waals surface area contributed by atoms with Crippen LogP contribution in [-0.4, -0.2) is 55.3 Å². The largest absolute Gasteiger partial charge is 0.384 e. The van der Waals surface area contributed by atoms with E-state index < -0.39 is 0 Å². The van der Waals surface area contributed by atoms with Crippen molar-refractivity contribution in [1.29, 1.82) is 0 Å². The maximum atomic E-state index is 12.3. The topological polar surface area (TPSA) is 75.7 Å². The van der Waals surface area contributed by atoms with Crippen LogP contribution in [0.5, 0.6) is 0 Å². The Hall–Kier alpha value is -2.21. The van der Waals surface area contributed by atoms with Gasteiger partial charge in [0.05, 0.1) is 6.61 Å². The second-order valence-corrected chi connectivity index (χ2v) is 6.75. The summed E-state index contributed by atoms with van der Waals surface area (Å²) < 4.78 is 4.89. The number of nitrogens with zero attached hydrogens (tertiary/aromatic N) is 1. The summed E-state index contributed by atoms with van der Waals surface area (Å²) in [6.45, 7) is 3.62. The summed E-state index contributed by atoms with van der Waals surface area (Å²) in [7, 11) is 1.57. The number of piperidine rings is 1. The zero-order chi connectivity index (χ0) is 18.9. The standard InChI is InChI=1S/C20H28N2O4/c1-15-3-5-16(6-4-15)18(23)7-8-20(25)22-12-9-17(10-13-22)21-19(24)11-14-26-2/h3-6,17H,7-14H2,1-2H3,(H,21,24). The normalized spacial score (nSPS) is 14.9. The van der Waals surface area contributed by atoms with E-state index in [0.717, 1.165) is 18.4 Å². The number of aryl methyl sites for hydroxylation is 1. The fraction of sp³-hybridized carbons (Fsp3) is 0.550. The number of carbonyl (C=O) groups excluding carboxylic acids is 3. The lowest BCUT2D eigenvalue weighted by Gasteiger charge is -2.32. The summed E-state index contributed by atoms with van der Waals surface area (Å²) in [5, 5.41) is 2.98. The van der Waals surface area contributed by atoms with Crippen LogP contribution in [0, 0.1) is 6.92 Å². The number of likely N-dealkylation sites (tertiary alicyclic amines) is 1. The quantitative estimate of drug-likeness (QED) is 0.721. The van der Waals surface area contributed by atoms with Crippen molar-refractivity contribution in [3.8, 4) is 0 Å². The number of nitrogens with one attached hydrogen (secondary N) is 1. The Labute approximate surface area is 154 Å². The van der Waals surface area contributed by atoms with Crippen LogP contribution in [0.1, 0.15) is 48.0 Å². The van der Waals surface area contributed by atoms with Crippen molar-refractivity contribution in [2.45, 2.75) is 45.1 Å². The van der Waals surface area contributed by atoms with E-state index in [2.05, 4.69) is 5.32 Å². The number of carbonyl (C=O) groups is 3. The van der Waals surface area contributed by atoms with Crippen LogP contribution in [-0.2, 0) is 14.3 Å². The molecule has 1 saturated heterocycles. The summed E-state index contributed by atoms with van der Waals surface area (Å²) in [6, 6.07) is 7.53. The van der Waals surface area contributed by atoms with Crippen molar-refractivity contribution in [3.63, 3.8) is 0 Å². The SMILES string of the molecule is COCCC(=O)NC1CCN(C(=O)CCC(=O)c2ccc(C)cc2)CC1. The Morgan fingerprint density at radius 1 is 1.08 bits per heavy atom. The Morgan fingerprint density at radius 2 is 1.73 bits per heavy atom. The highest BCUT2D eigenvalue weighted by Gasteiger charge is 2.24. The molecule has 6 heteroatoms. The maximum Gasteiger partial charge on any atom is 0.223 e. The minimum Gasteiger partial charge on any atom is -0.384 e. The fourth-order valence-electron chi connectivity index (χ4n) is 3.03. The number of rotatable bonds is 8. The van der Waals surface area contributed by atoms with E-state index in [1.54, 1.807) is 24.1 Å². The molecule has 0 spiro atoms. The Bertz CT molecular complexity index is 619. The lowest BCUT2D eigenvalue weighted by atomic mass is 10.0. The van der Waals surface area contributed by atoms with E-state index >= 15 is 0 Å². The monoisotopic (exact) mass is 360 g/mol. The lowest BCUT2D eigenvalue weighted by Crippen LogP contribution is -2.46. The van der Waals surface area contributed by atoms with Gasteiger partial charge in [-0.05, 0) is 19.8 Å². The minimum absolute atomic E-state index is 0.00126. The van der Waals surface area contributed by atoms with E-state index in [9.17, 15) is 14.4 Å². The second-order valence-electron chi connectivity index (χ2n) is 6.75. The smallest absolute Gasteiger partial charge is 0.223 e. The van der Waals surface area contributed by atoms with Gasteiger partial charge in [0, 0.05) is 51.1 Å². The average Bonchev–Trinajstić information content (AvgIpc) is 2.65. The molecule has 2 amide bonds. The molecule has 2 rings (SSSR count). The van der Waals surface area contributed by atoms with Crippen molar-refractivity contribution in [1.82, 2.24) is 10.2 Å². The molecule has 1 N–H and O–H groups in total. The van der Waals surface area contributed by atoms with E-state index in [1.165, 1.54) is 0 Å². The Kier molecular flexibility index (Phi) is 7.78. The van der Waals surface area contributed by atoms with E-state index in [1.807, 2.05) is 19.1 Å². The molecule has 0 radical (unpaired) electrons. The second kappa shape index (κ2) is 10.1. The lowest BCUT2D eigenvalue weighted by molar-refractivity contribution is -0.132. The third-order valence-corrected chi connectivity index (χ3v) is 4.69. The van der Waals surface area contributed by atoms with Gasteiger partial charge in [-0.1, -0.05) is 29.8 Å². The molecule has 1 aromatic rings. The van der Waals surface area contributed by atoms with Gasteiger partial charge in [0.25, 0.3) is 0 Å². The maximum absolute atomic E-state index is 12.3. The summed E-state index contributed by atoms with van der Waals surface area (Å²) in [5.74, 6) is -0.00594. The molecule has 1 aliphatic heterocycles. The van der Waals surface area contributed by atoms with Crippen molar-refractivity contribution < 1.29 is 19.1 Å². The van der Waals surface area contributed by atoms with Gasteiger partial charge in [0.1, 0.15) is 0 Å². The predicted molar refractivity (Wildman–Crippen MR) is 99.0 cm³/mol. The Morgan fingerprint density at radius 3 is 2.35 bits per heavy atom. The molecule has 0 atom stereocenters. The van der Waals surface area contributed by atoms with Gasteiger partial charge in [0.15, 0.2) is 5.78 Å². The van der Waals surface area contributed by atoms with Crippen LogP contribution in [0.3, 0.4) is 0 Å². The summed E-state index contributed by atoms with van der Waals surface area (Å²) >= 11 is 0. The van der Waals surface area contributed by atoms with Crippen LogP contribution in [0.2, 0.25) is 0 Å². The zero-order valence-electron chi connectivity index (χ0n) is 15.6. The van der Waals surface area contributed by atoms with Crippen LogP contribution in [0.4, 0.5) is 0 Å². The number of Topliss-reactive ketones (excluding diaryl/α,β-unsaturated/α-hetero) is 1. The zero-order valence-corrected chi connectivity index (χ0v) is 15.6. The molecule has 1 aliphatic rings. The first-order valence-electron chi connectivity index (χ1n) is 9.15. The highest BCUT2D eigenvalue weighted by molar-refractivity contribution is 5.98. The van der Waals surface area contributed by atoms with Crippen molar-refractivity contribution >= 4 is 17.6 Å². The highest BCUT2D eigenvalue weighted by atomic mass is 16.5. The van der Waals surface area contributed by atoms with Crippen LogP contribution in [0.15, 0.2) is 24.3 Å². The molecule has 1 fully saturated rings. The molecule has 6 nitrogen and oxygen atoms in total. The molecule has 142 valence electrons. The van der Waals surface area contributed by atoms with Gasteiger partial charge in [-0.15, -0.1) is 0 Å². The minimum atomic E-state index is -0.0136. The molecular formula is C20H28N2O4. The molecule has 0 saturated carbocycles.